The van der Waals surface area contributed by atoms with Crippen molar-refractivity contribution in [2.75, 3.05) is 13.1 Å². The lowest BCUT2D eigenvalue weighted by molar-refractivity contribution is -0.120. The Hall–Kier alpha value is -0.570. The van der Waals surface area contributed by atoms with Crippen LogP contribution in [-0.2, 0) is 4.79 Å². The maximum atomic E-state index is 11.2. The highest BCUT2D eigenvalue weighted by molar-refractivity contribution is 5.78. The molecule has 2 rings (SSSR count). The zero-order chi connectivity index (χ0) is 9.31. The molecule has 0 aromatic carbocycles. The van der Waals surface area contributed by atoms with Gasteiger partial charge in [0.05, 0.1) is 6.54 Å². The van der Waals surface area contributed by atoms with Crippen LogP contribution in [0.15, 0.2) is 0 Å². The molecule has 0 aromatic heterocycles. The zero-order valence-electron chi connectivity index (χ0n) is 8.23. The van der Waals surface area contributed by atoms with Crippen molar-refractivity contribution >= 4 is 5.91 Å². The highest BCUT2D eigenvalue weighted by Crippen LogP contribution is 2.43. The minimum Gasteiger partial charge on any atom is -0.352 e. The summed E-state index contributed by atoms with van der Waals surface area (Å²) in [6.07, 6.45) is 4.96. The summed E-state index contributed by atoms with van der Waals surface area (Å²) in [7, 11) is 0. The Balaban J connectivity index is 1.53. The minimum absolute atomic E-state index is 0.159. The van der Waals surface area contributed by atoms with Crippen LogP contribution >= 0.6 is 0 Å². The summed E-state index contributed by atoms with van der Waals surface area (Å²) < 4.78 is 0. The zero-order valence-corrected chi connectivity index (χ0v) is 8.23. The van der Waals surface area contributed by atoms with E-state index in [0.717, 1.165) is 6.54 Å². The lowest BCUT2D eigenvalue weighted by Gasteiger charge is -2.09. The molecule has 13 heavy (non-hydrogen) atoms. The van der Waals surface area contributed by atoms with Gasteiger partial charge in [0, 0.05) is 12.6 Å². The Morgan fingerprint density at radius 3 is 2.69 bits per heavy atom. The molecule has 0 atom stereocenters. The summed E-state index contributed by atoms with van der Waals surface area (Å²) in [5.41, 5.74) is 0.500. The van der Waals surface area contributed by atoms with E-state index in [1.807, 2.05) is 0 Å². The molecular weight excluding hydrogens is 164 g/mol. The number of nitrogens with one attached hydrogen (secondary N) is 2. The normalized spacial score (nSPS) is 24.1. The molecule has 3 heteroatoms. The van der Waals surface area contributed by atoms with Crippen molar-refractivity contribution in [3.63, 3.8) is 0 Å². The van der Waals surface area contributed by atoms with Crippen molar-refractivity contribution in [3.8, 4) is 0 Å². The van der Waals surface area contributed by atoms with E-state index in [4.69, 9.17) is 0 Å². The average molecular weight is 182 g/mol. The first-order chi connectivity index (χ1) is 6.18. The molecule has 0 bridgehead atoms. The first kappa shape index (κ1) is 9.00. The lowest BCUT2D eigenvalue weighted by atomic mass is 10.1. The van der Waals surface area contributed by atoms with Gasteiger partial charge in [-0.2, -0.15) is 0 Å². The summed E-state index contributed by atoms with van der Waals surface area (Å²) in [5, 5.41) is 6.17. The second kappa shape index (κ2) is 3.29. The second-order valence-corrected chi connectivity index (χ2v) is 4.76. The van der Waals surface area contributed by atoms with Crippen LogP contribution in [0.2, 0.25) is 0 Å². The molecule has 0 saturated heterocycles. The van der Waals surface area contributed by atoms with E-state index in [1.165, 1.54) is 25.7 Å². The molecule has 2 saturated carbocycles. The van der Waals surface area contributed by atoms with Gasteiger partial charge in [0.1, 0.15) is 0 Å². The molecule has 1 amide bonds. The molecule has 0 spiro atoms. The van der Waals surface area contributed by atoms with Crippen molar-refractivity contribution in [1.82, 2.24) is 10.6 Å². The summed E-state index contributed by atoms with van der Waals surface area (Å²) in [6.45, 7) is 3.75. The standard InChI is InChI=1S/C10H18N2O/c1-10(4-5-10)7-11-6-9(13)12-8-2-3-8/h8,11H,2-7H2,1H3,(H,12,13). The lowest BCUT2D eigenvalue weighted by Crippen LogP contribution is -2.36. The van der Waals surface area contributed by atoms with Crippen molar-refractivity contribution in [3.05, 3.63) is 0 Å². The average Bonchev–Trinajstić information content (AvgIpc) is 2.91. The van der Waals surface area contributed by atoms with Gasteiger partial charge in [-0.3, -0.25) is 4.79 Å². The van der Waals surface area contributed by atoms with Crippen LogP contribution < -0.4 is 10.6 Å². The monoisotopic (exact) mass is 182 g/mol. The van der Waals surface area contributed by atoms with Gasteiger partial charge < -0.3 is 10.6 Å². The summed E-state index contributed by atoms with van der Waals surface area (Å²) >= 11 is 0. The van der Waals surface area contributed by atoms with Gasteiger partial charge in [-0.15, -0.1) is 0 Å². The van der Waals surface area contributed by atoms with E-state index in [-0.39, 0.29) is 5.91 Å². The van der Waals surface area contributed by atoms with E-state index >= 15 is 0 Å². The Labute approximate surface area is 79.3 Å². The molecule has 2 aliphatic rings. The van der Waals surface area contributed by atoms with Gasteiger partial charge in [0.2, 0.25) is 5.91 Å². The van der Waals surface area contributed by atoms with Gasteiger partial charge in [0.15, 0.2) is 0 Å². The summed E-state index contributed by atoms with van der Waals surface area (Å²) in [6, 6.07) is 0.491. The van der Waals surface area contributed by atoms with Crippen LogP contribution in [-0.4, -0.2) is 25.0 Å². The first-order valence-corrected chi connectivity index (χ1v) is 5.18. The summed E-state index contributed by atoms with van der Waals surface area (Å²) in [4.78, 5) is 11.2. The maximum Gasteiger partial charge on any atom is 0.234 e. The third-order valence-electron chi connectivity index (χ3n) is 2.88. The highest BCUT2D eigenvalue weighted by atomic mass is 16.2. The molecule has 0 aliphatic heterocycles. The smallest absolute Gasteiger partial charge is 0.234 e. The molecule has 0 aromatic rings. The molecule has 2 N–H and O–H groups in total. The van der Waals surface area contributed by atoms with Crippen molar-refractivity contribution in [2.45, 2.75) is 38.6 Å². The Kier molecular flexibility index (Phi) is 2.28. The van der Waals surface area contributed by atoms with Crippen molar-refractivity contribution in [2.24, 2.45) is 5.41 Å². The van der Waals surface area contributed by atoms with Crippen molar-refractivity contribution in [1.29, 1.82) is 0 Å². The topological polar surface area (TPSA) is 41.1 Å². The summed E-state index contributed by atoms with van der Waals surface area (Å²) in [5.74, 6) is 0.159. The van der Waals surface area contributed by atoms with Gasteiger partial charge in [-0.25, -0.2) is 0 Å². The van der Waals surface area contributed by atoms with Crippen LogP contribution in [0.5, 0.6) is 0 Å². The quantitative estimate of drug-likeness (QED) is 0.655. The second-order valence-electron chi connectivity index (χ2n) is 4.76. The van der Waals surface area contributed by atoms with E-state index in [0.29, 0.717) is 18.0 Å². The number of hydrogen-bond acceptors (Lipinski definition) is 2. The molecule has 0 unspecified atom stereocenters. The Bertz CT molecular complexity index is 207. The number of carbonyl (C=O) groups is 1. The molecule has 0 heterocycles. The van der Waals surface area contributed by atoms with E-state index in [9.17, 15) is 4.79 Å². The van der Waals surface area contributed by atoms with Gasteiger partial charge in [0.25, 0.3) is 0 Å². The van der Waals surface area contributed by atoms with Crippen LogP contribution in [0.1, 0.15) is 32.6 Å². The third kappa shape index (κ3) is 2.99. The fourth-order valence-electron chi connectivity index (χ4n) is 1.37. The van der Waals surface area contributed by atoms with Crippen LogP contribution in [0, 0.1) is 5.41 Å². The fraction of sp³-hybridized carbons (Fsp3) is 0.900. The number of hydrogen-bond donors (Lipinski definition) is 2. The highest BCUT2D eigenvalue weighted by Gasteiger charge is 2.36. The number of rotatable bonds is 5. The molecule has 2 fully saturated rings. The number of amides is 1. The first-order valence-electron chi connectivity index (χ1n) is 5.18. The third-order valence-corrected chi connectivity index (χ3v) is 2.88. The Morgan fingerprint density at radius 1 is 1.46 bits per heavy atom. The fourth-order valence-corrected chi connectivity index (χ4v) is 1.37. The van der Waals surface area contributed by atoms with Crippen LogP contribution in [0.25, 0.3) is 0 Å². The van der Waals surface area contributed by atoms with Crippen LogP contribution in [0.3, 0.4) is 0 Å². The maximum absolute atomic E-state index is 11.2. The number of carbonyl (C=O) groups excluding carboxylic acids is 1. The van der Waals surface area contributed by atoms with E-state index < -0.39 is 0 Å². The Morgan fingerprint density at radius 2 is 2.15 bits per heavy atom. The van der Waals surface area contributed by atoms with Crippen LogP contribution in [0.4, 0.5) is 0 Å². The molecular formula is C10H18N2O. The van der Waals surface area contributed by atoms with E-state index in [1.54, 1.807) is 0 Å². The molecule has 0 radical (unpaired) electrons. The predicted octanol–water partition coefficient (Wildman–Crippen LogP) is 0.655. The molecule has 2 aliphatic carbocycles. The molecule has 74 valence electrons. The largest absolute Gasteiger partial charge is 0.352 e. The molecule has 3 nitrogen and oxygen atoms in total. The van der Waals surface area contributed by atoms with Gasteiger partial charge >= 0.3 is 0 Å². The minimum atomic E-state index is 0.159. The predicted molar refractivity (Wildman–Crippen MR) is 51.4 cm³/mol. The van der Waals surface area contributed by atoms with Crippen molar-refractivity contribution < 1.29 is 4.79 Å². The SMILES string of the molecule is CC1(CNCC(=O)NC2CC2)CC1. The van der Waals surface area contributed by atoms with E-state index in [2.05, 4.69) is 17.6 Å². The van der Waals surface area contributed by atoms with Gasteiger partial charge in [-0.1, -0.05) is 6.92 Å². The van der Waals surface area contributed by atoms with Gasteiger partial charge in [-0.05, 0) is 31.1 Å².